The Balaban J connectivity index is 2.44. The van der Waals surface area contributed by atoms with Crippen LogP contribution in [0.15, 0.2) is 24.3 Å². The van der Waals surface area contributed by atoms with Gasteiger partial charge < -0.3 is 5.73 Å². The highest BCUT2D eigenvalue weighted by atomic mass is 32.1. The Morgan fingerprint density at radius 2 is 2.23 bits per heavy atom. The lowest BCUT2D eigenvalue weighted by Crippen LogP contribution is -2.10. The van der Waals surface area contributed by atoms with Crippen molar-refractivity contribution >= 4 is 27.5 Å². The van der Waals surface area contributed by atoms with Crippen molar-refractivity contribution in [2.24, 2.45) is 5.73 Å². The molecule has 2 aromatic rings. The van der Waals surface area contributed by atoms with E-state index in [1.165, 1.54) is 17.8 Å². The number of amides is 1. The minimum atomic E-state index is -0.459. The van der Waals surface area contributed by atoms with Crippen molar-refractivity contribution < 1.29 is 4.79 Å². The summed E-state index contributed by atoms with van der Waals surface area (Å²) in [5, 5.41) is 0.661. The van der Waals surface area contributed by atoms with Gasteiger partial charge >= 0.3 is 0 Å². The Hall–Kier alpha value is -1.42. The highest BCUT2D eigenvalue weighted by Gasteiger charge is 2.05. The van der Waals surface area contributed by atoms with Crippen molar-refractivity contribution in [3.63, 3.8) is 0 Å². The fraction of sp³-hybridized carbons (Fsp3) is 0. The molecule has 1 heterocycles. The fourth-order valence-electron chi connectivity index (χ4n) is 1.07. The Bertz CT molecular complexity index is 417. The van der Waals surface area contributed by atoms with Crippen molar-refractivity contribution in [3.05, 3.63) is 35.7 Å². The number of para-hydroxylation sites is 1. The number of hydrogen-bond donors (Lipinski definition) is 1. The first-order valence-corrected chi connectivity index (χ1v) is 4.57. The molecule has 0 aliphatic rings. The first-order chi connectivity index (χ1) is 6.25. The minimum absolute atomic E-state index is 0.459. The summed E-state index contributed by atoms with van der Waals surface area (Å²) in [6.45, 7) is 0. The molecule has 1 aromatic carbocycles. The Morgan fingerprint density at radius 3 is 2.92 bits per heavy atom. The molecule has 1 radical (unpaired) electrons. The van der Waals surface area contributed by atoms with Gasteiger partial charge in [-0.25, -0.2) is 4.98 Å². The van der Waals surface area contributed by atoms with Gasteiger partial charge in [0.1, 0.15) is 11.4 Å². The van der Waals surface area contributed by atoms with E-state index in [0.717, 1.165) is 10.2 Å². The number of aromatic nitrogens is 1. The first kappa shape index (κ1) is 8.19. The smallest absolute Gasteiger partial charge is 0.228 e. The van der Waals surface area contributed by atoms with Crippen LogP contribution in [0, 0.1) is 6.42 Å². The zero-order chi connectivity index (χ0) is 9.26. The fourth-order valence-corrected chi connectivity index (χ4v) is 1.98. The quantitative estimate of drug-likeness (QED) is 0.778. The second-order valence-electron chi connectivity index (χ2n) is 2.57. The van der Waals surface area contributed by atoms with E-state index in [0.29, 0.717) is 5.01 Å². The normalized spacial score (nSPS) is 10.5. The van der Waals surface area contributed by atoms with Crippen molar-refractivity contribution in [1.82, 2.24) is 4.98 Å². The number of nitrogens with two attached hydrogens (primary N) is 1. The van der Waals surface area contributed by atoms with Gasteiger partial charge in [0.15, 0.2) is 0 Å². The number of carbonyl (C=O) groups excluding carboxylic acids is 1. The van der Waals surface area contributed by atoms with Crippen LogP contribution in [0.2, 0.25) is 0 Å². The molecule has 0 spiro atoms. The number of rotatable bonds is 2. The third-order valence-electron chi connectivity index (χ3n) is 1.58. The maximum absolute atomic E-state index is 10.6. The third-order valence-corrected chi connectivity index (χ3v) is 2.56. The van der Waals surface area contributed by atoms with Crippen molar-refractivity contribution in [3.8, 4) is 0 Å². The summed E-state index contributed by atoms with van der Waals surface area (Å²) < 4.78 is 1.06. The molecule has 0 fully saturated rings. The van der Waals surface area contributed by atoms with Crippen LogP contribution in [0.25, 0.3) is 10.2 Å². The van der Waals surface area contributed by atoms with Crippen LogP contribution < -0.4 is 5.73 Å². The van der Waals surface area contributed by atoms with Gasteiger partial charge in [0.25, 0.3) is 0 Å². The topological polar surface area (TPSA) is 56.0 Å². The monoisotopic (exact) mass is 191 g/mol. The zero-order valence-electron chi connectivity index (χ0n) is 6.73. The van der Waals surface area contributed by atoms with E-state index in [9.17, 15) is 4.79 Å². The van der Waals surface area contributed by atoms with E-state index < -0.39 is 5.91 Å². The summed E-state index contributed by atoms with van der Waals surface area (Å²) in [6.07, 6.45) is 1.34. The van der Waals surface area contributed by atoms with Gasteiger partial charge in [-0.2, -0.15) is 0 Å². The van der Waals surface area contributed by atoms with Gasteiger partial charge in [0, 0.05) is 0 Å². The number of primary amides is 1. The predicted octanol–water partition coefficient (Wildman–Crippen LogP) is 1.33. The molecule has 0 saturated carbocycles. The minimum Gasteiger partial charge on any atom is -0.369 e. The SMILES string of the molecule is NC(=O)[CH]c1nc2ccccc2s1. The van der Waals surface area contributed by atoms with Crippen LogP contribution in [0.4, 0.5) is 0 Å². The van der Waals surface area contributed by atoms with Crippen molar-refractivity contribution in [1.29, 1.82) is 0 Å². The summed E-state index contributed by atoms with van der Waals surface area (Å²) in [7, 11) is 0. The van der Waals surface area contributed by atoms with Crippen LogP contribution in [0.1, 0.15) is 5.01 Å². The van der Waals surface area contributed by atoms with E-state index in [2.05, 4.69) is 4.98 Å². The van der Waals surface area contributed by atoms with Gasteiger partial charge in [-0.3, -0.25) is 4.79 Å². The molecule has 0 aliphatic heterocycles. The highest BCUT2D eigenvalue weighted by molar-refractivity contribution is 7.18. The molecule has 2 rings (SSSR count). The average Bonchev–Trinajstić information content (AvgIpc) is 2.44. The molecule has 0 bridgehead atoms. The molecule has 13 heavy (non-hydrogen) atoms. The second-order valence-corrected chi connectivity index (χ2v) is 3.63. The van der Waals surface area contributed by atoms with Crippen LogP contribution in [-0.2, 0) is 4.79 Å². The van der Waals surface area contributed by atoms with Crippen molar-refractivity contribution in [2.75, 3.05) is 0 Å². The van der Waals surface area contributed by atoms with Crippen LogP contribution in [0.5, 0.6) is 0 Å². The molecule has 0 saturated heterocycles. The molecule has 4 heteroatoms. The maximum atomic E-state index is 10.6. The Kier molecular flexibility index (Phi) is 1.98. The molecule has 1 aromatic heterocycles. The van der Waals surface area contributed by atoms with E-state index in [4.69, 9.17) is 5.73 Å². The molecule has 0 unspecified atom stereocenters. The van der Waals surface area contributed by atoms with E-state index in [1.807, 2.05) is 24.3 Å². The van der Waals surface area contributed by atoms with Gasteiger partial charge in [0.05, 0.1) is 10.2 Å². The summed E-state index contributed by atoms with van der Waals surface area (Å²) in [5.41, 5.74) is 5.92. The summed E-state index contributed by atoms with van der Waals surface area (Å²) >= 11 is 1.46. The van der Waals surface area contributed by atoms with E-state index in [-0.39, 0.29) is 0 Å². The van der Waals surface area contributed by atoms with Crippen molar-refractivity contribution in [2.45, 2.75) is 0 Å². The molecule has 3 nitrogen and oxygen atoms in total. The lowest BCUT2D eigenvalue weighted by atomic mass is 10.3. The first-order valence-electron chi connectivity index (χ1n) is 3.75. The van der Waals surface area contributed by atoms with E-state index >= 15 is 0 Å². The predicted molar refractivity (Wildman–Crippen MR) is 52.2 cm³/mol. The number of nitrogens with zero attached hydrogens (tertiary/aromatic N) is 1. The molecule has 2 N–H and O–H groups in total. The van der Waals surface area contributed by atoms with Crippen LogP contribution in [0.3, 0.4) is 0 Å². The van der Waals surface area contributed by atoms with E-state index in [1.54, 1.807) is 0 Å². The number of benzene rings is 1. The lowest BCUT2D eigenvalue weighted by molar-refractivity contribution is -0.114. The highest BCUT2D eigenvalue weighted by Crippen LogP contribution is 2.22. The molecule has 0 atom stereocenters. The molecule has 0 aliphatic carbocycles. The summed E-state index contributed by atoms with van der Waals surface area (Å²) in [4.78, 5) is 14.8. The van der Waals surface area contributed by atoms with Crippen LogP contribution >= 0.6 is 11.3 Å². The van der Waals surface area contributed by atoms with Gasteiger partial charge in [-0.05, 0) is 12.1 Å². The Morgan fingerprint density at radius 1 is 1.46 bits per heavy atom. The molecular formula is C9H7N2OS. The van der Waals surface area contributed by atoms with Crippen LogP contribution in [-0.4, -0.2) is 10.9 Å². The lowest BCUT2D eigenvalue weighted by Gasteiger charge is -1.84. The molecule has 65 valence electrons. The Labute approximate surface area is 79.2 Å². The number of thiazole rings is 1. The maximum Gasteiger partial charge on any atom is 0.228 e. The largest absolute Gasteiger partial charge is 0.369 e. The number of fused-ring (bicyclic) bond motifs is 1. The molecule has 1 amide bonds. The second kappa shape index (κ2) is 3.14. The summed E-state index contributed by atoms with van der Waals surface area (Å²) in [5.74, 6) is -0.459. The third kappa shape index (κ3) is 1.67. The van der Waals surface area contributed by atoms with Gasteiger partial charge in [0.2, 0.25) is 5.91 Å². The van der Waals surface area contributed by atoms with Gasteiger partial charge in [-0.15, -0.1) is 11.3 Å². The molecular weight excluding hydrogens is 184 g/mol. The number of hydrogen-bond acceptors (Lipinski definition) is 3. The standard InChI is InChI=1S/C9H7N2OS/c10-8(12)5-9-11-6-3-1-2-4-7(6)13-9/h1-5H,(H2,10,12). The number of carbonyl (C=O) groups is 1. The summed E-state index contributed by atoms with van der Waals surface area (Å²) in [6, 6.07) is 7.72. The van der Waals surface area contributed by atoms with Gasteiger partial charge in [-0.1, -0.05) is 12.1 Å². The zero-order valence-corrected chi connectivity index (χ0v) is 7.54. The average molecular weight is 191 g/mol.